The number of morpholine rings is 1. The molecule has 0 spiro atoms. The second-order valence-corrected chi connectivity index (χ2v) is 11.8. The molecule has 1 atom stereocenters. The Hall–Kier alpha value is -2.72. The van der Waals surface area contributed by atoms with E-state index in [1.165, 1.54) is 10.9 Å². The van der Waals surface area contributed by atoms with E-state index >= 15 is 0 Å². The minimum Gasteiger partial charge on any atom is -0.388 e. The van der Waals surface area contributed by atoms with E-state index < -0.39 is 5.60 Å². The Bertz CT molecular complexity index is 1420. The molecule has 1 amide bonds. The Balaban J connectivity index is 1.21. The van der Waals surface area contributed by atoms with E-state index in [0.29, 0.717) is 48.7 Å². The van der Waals surface area contributed by atoms with Crippen molar-refractivity contribution in [1.82, 2.24) is 23.9 Å². The number of likely N-dealkylation sites (tertiary alicyclic amines) is 1. The number of benzene rings is 1. The number of aliphatic hydroxyl groups is 1. The molecule has 3 aliphatic rings. The molecule has 1 aromatic carbocycles. The molecule has 2 saturated heterocycles. The van der Waals surface area contributed by atoms with Crippen molar-refractivity contribution in [3.05, 3.63) is 57.7 Å². The summed E-state index contributed by atoms with van der Waals surface area (Å²) in [5, 5.41) is 12.1. The molecule has 3 fully saturated rings. The van der Waals surface area contributed by atoms with Gasteiger partial charge in [0.25, 0.3) is 5.56 Å². The first-order chi connectivity index (χ1) is 18.2. The van der Waals surface area contributed by atoms with Crippen molar-refractivity contribution in [1.29, 1.82) is 0 Å². The Labute approximate surface area is 226 Å². The third kappa shape index (κ3) is 4.55. The molecule has 0 radical (unpaired) electrons. The third-order valence-electron chi connectivity index (χ3n) is 8.63. The van der Waals surface area contributed by atoms with Gasteiger partial charge in [-0.25, -0.2) is 4.98 Å². The van der Waals surface area contributed by atoms with E-state index in [1.807, 2.05) is 24.0 Å². The normalized spacial score (nSPS) is 23.1. The van der Waals surface area contributed by atoms with Crippen LogP contribution >= 0.6 is 11.6 Å². The Kier molecular flexibility index (Phi) is 6.38. The molecule has 2 aliphatic heterocycles. The van der Waals surface area contributed by atoms with Gasteiger partial charge in [-0.15, -0.1) is 0 Å². The average Bonchev–Trinajstić information content (AvgIpc) is 3.57. The monoisotopic (exact) mass is 539 g/mol. The summed E-state index contributed by atoms with van der Waals surface area (Å²) in [6.45, 7) is 5.42. The number of halogens is 1. The number of nitrogens with zero attached hydrogens (tertiary/aromatic N) is 5. The van der Waals surface area contributed by atoms with Crippen molar-refractivity contribution < 1.29 is 14.6 Å². The molecule has 1 saturated carbocycles. The number of amides is 1. The van der Waals surface area contributed by atoms with Crippen molar-refractivity contribution >= 4 is 28.5 Å². The highest BCUT2D eigenvalue weighted by Gasteiger charge is 2.48. The van der Waals surface area contributed by atoms with E-state index in [1.54, 1.807) is 10.6 Å². The fourth-order valence-electron chi connectivity index (χ4n) is 5.71. The number of likely N-dealkylation sites (N-methyl/N-ethyl adjacent to an activating group) is 1. The van der Waals surface area contributed by atoms with Crippen LogP contribution in [0.15, 0.2) is 41.5 Å². The predicted molar refractivity (Wildman–Crippen MR) is 145 cm³/mol. The predicted octanol–water partition coefficient (Wildman–Crippen LogP) is 3.00. The van der Waals surface area contributed by atoms with Gasteiger partial charge in [0, 0.05) is 30.7 Å². The van der Waals surface area contributed by atoms with Crippen LogP contribution in [0.3, 0.4) is 0 Å². The van der Waals surface area contributed by atoms with E-state index in [9.17, 15) is 14.7 Å². The summed E-state index contributed by atoms with van der Waals surface area (Å²) in [5.74, 6) is 0.183. The van der Waals surface area contributed by atoms with Gasteiger partial charge in [0.15, 0.2) is 5.65 Å². The van der Waals surface area contributed by atoms with Crippen molar-refractivity contribution in [3.8, 4) is 5.69 Å². The van der Waals surface area contributed by atoms with E-state index in [0.717, 1.165) is 37.2 Å². The van der Waals surface area contributed by atoms with Gasteiger partial charge in [0.1, 0.15) is 11.5 Å². The second-order valence-electron chi connectivity index (χ2n) is 11.5. The Morgan fingerprint density at radius 3 is 2.53 bits per heavy atom. The highest BCUT2D eigenvalue weighted by molar-refractivity contribution is 6.31. The van der Waals surface area contributed by atoms with Gasteiger partial charge < -0.3 is 14.7 Å². The van der Waals surface area contributed by atoms with Gasteiger partial charge in [-0.05, 0) is 56.5 Å². The van der Waals surface area contributed by atoms with Crippen molar-refractivity contribution in [2.24, 2.45) is 5.41 Å². The zero-order chi connectivity index (χ0) is 26.7. The van der Waals surface area contributed by atoms with Gasteiger partial charge in [-0.3, -0.25) is 23.6 Å². The van der Waals surface area contributed by atoms with E-state index in [2.05, 4.69) is 29.1 Å². The number of piperidine rings is 1. The molecular weight excluding hydrogens is 506 g/mol. The molecule has 38 heavy (non-hydrogen) atoms. The molecule has 6 rings (SSSR count). The number of rotatable bonds is 5. The van der Waals surface area contributed by atoms with Crippen LogP contribution in [0.2, 0.25) is 5.15 Å². The van der Waals surface area contributed by atoms with Gasteiger partial charge in [-0.1, -0.05) is 30.7 Å². The molecule has 1 unspecified atom stereocenters. The summed E-state index contributed by atoms with van der Waals surface area (Å²) in [6.07, 6.45) is 4.21. The molecule has 202 valence electrons. The van der Waals surface area contributed by atoms with Crippen LogP contribution < -0.4 is 5.56 Å². The topological polar surface area (TPSA) is 92.8 Å². The van der Waals surface area contributed by atoms with Crippen LogP contribution in [-0.2, 0) is 16.1 Å². The summed E-state index contributed by atoms with van der Waals surface area (Å²) in [5.41, 5.74) is 0.926. The fourth-order valence-corrected chi connectivity index (χ4v) is 6.00. The lowest BCUT2D eigenvalue weighted by Crippen LogP contribution is -2.51. The zero-order valence-corrected chi connectivity index (χ0v) is 22.7. The first-order valence-electron chi connectivity index (χ1n) is 13.3. The lowest BCUT2D eigenvalue weighted by Gasteiger charge is -2.39. The number of aromatic nitrogens is 3. The number of ether oxygens (including phenoxy) is 1. The van der Waals surface area contributed by atoms with Crippen LogP contribution in [0.4, 0.5) is 0 Å². The van der Waals surface area contributed by atoms with E-state index in [4.69, 9.17) is 16.3 Å². The molecule has 0 bridgehead atoms. The summed E-state index contributed by atoms with van der Waals surface area (Å²) >= 11 is 6.60. The van der Waals surface area contributed by atoms with Crippen LogP contribution in [-0.4, -0.2) is 80.4 Å². The summed E-state index contributed by atoms with van der Waals surface area (Å²) in [7, 11) is 2.10. The number of carbonyl (C=O) groups excluding carboxylic acids is 1. The third-order valence-corrected chi connectivity index (χ3v) is 8.91. The average molecular weight is 540 g/mol. The maximum atomic E-state index is 13.4. The molecule has 4 heterocycles. The summed E-state index contributed by atoms with van der Waals surface area (Å²) in [4.78, 5) is 34.8. The summed E-state index contributed by atoms with van der Waals surface area (Å²) in [6, 6.07) is 9.93. The molecule has 10 heteroatoms. The molecule has 9 nitrogen and oxygen atoms in total. The van der Waals surface area contributed by atoms with Crippen LogP contribution in [0.1, 0.15) is 44.2 Å². The standard InChI is InChI=1S/C28H34ClN5O4/c1-27(7-8-27)26(36)32-11-9-28(37,10-12-32)17-33-18-30-24-21(25(33)35)15-23(29)34(24)20-5-3-19(4-6-20)22-16-38-14-13-31(22)2/h3-6,15,18,22,37H,7-14,16-17H2,1-2H3. The van der Waals surface area contributed by atoms with Crippen LogP contribution in [0.25, 0.3) is 16.7 Å². The van der Waals surface area contributed by atoms with Crippen molar-refractivity contribution in [2.75, 3.05) is 39.9 Å². The second kappa shape index (κ2) is 9.48. The highest BCUT2D eigenvalue weighted by atomic mass is 35.5. The largest absolute Gasteiger partial charge is 0.388 e. The van der Waals surface area contributed by atoms with Crippen LogP contribution in [0, 0.1) is 5.41 Å². The van der Waals surface area contributed by atoms with Gasteiger partial charge in [-0.2, -0.15) is 0 Å². The van der Waals surface area contributed by atoms with Gasteiger partial charge >= 0.3 is 0 Å². The van der Waals surface area contributed by atoms with Crippen LogP contribution in [0.5, 0.6) is 0 Å². The molecule has 1 N–H and O–H groups in total. The quantitative estimate of drug-likeness (QED) is 0.536. The molecule has 2 aromatic heterocycles. The lowest BCUT2D eigenvalue weighted by atomic mass is 9.90. The van der Waals surface area contributed by atoms with E-state index in [-0.39, 0.29) is 29.5 Å². The fraction of sp³-hybridized carbons (Fsp3) is 0.536. The highest BCUT2D eigenvalue weighted by Crippen LogP contribution is 2.47. The van der Waals surface area contributed by atoms with Crippen molar-refractivity contribution in [2.45, 2.75) is 50.8 Å². The number of hydrogen-bond donors (Lipinski definition) is 1. The molecule has 1 aliphatic carbocycles. The van der Waals surface area contributed by atoms with Crippen molar-refractivity contribution in [3.63, 3.8) is 0 Å². The minimum atomic E-state index is -1.07. The number of fused-ring (bicyclic) bond motifs is 1. The first kappa shape index (κ1) is 25.6. The molecule has 3 aromatic rings. The number of hydrogen-bond acceptors (Lipinski definition) is 6. The Morgan fingerprint density at radius 2 is 1.87 bits per heavy atom. The lowest BCUT2D eigenvalue weighted by molar-refractivity contribution is -0.141. The maximum absolute atomic E-state index is 13.4. The summed E-state index contributed by atoms with van der Waals surface area (Å²) < 4.78 is 8.88. The van der Waals surface area contributed by atoms with Gasteiger partial charge in [0.05, 0.1) is 36.8 Å². The zero-order valence-electron chi connectivity index (χ0n) is 21.9. The Morgan fingerprint density at radius 1 is 1.16 bits per heavy atom. The number of carbonyl (C=O) groups is 1. The minimum absolute atomic E-state index is 0.128. The maximum Gasteiger partial charge on any atom is 0.262 e. The SMILES string of the molecule is CN1CCOCC1c1ccc(-n2c(Cl)cc3c(=O)n(CC4(O)CCN(C(=O)C5(C)CC5)CC4)cnc32)cc1. The smallest absolute Gasteiger partial charge is 0.262 e. The first-order valence-corrected chi connectivity index (χ1v) is 13.7. The molecular formula is C28H34ClN5O4. The van der Waals surface area contributed by atoms with Gasteiger partial charge in [0.2, 0.25) is 5.91 Å².